The van der Waals surface area contributed by atoms with E-state index in [-0.39, 0.29) is 0 Å². The maximum absolute atomic E-state index is 10.8. The molecule has 1 rings (SSSR count). The largest absolute Gasteiger partial charge is 0.497 e. The molecule has 0 radical (unpaired) electrons. The summed E-state index contributed by atoms with van der Waals surface area (Å²) in [5.41, 5.74) is 1.27. The highest BCUT2D eigenvalue weighted by Gasteiger charge is 2.03. The maximum Gasteiger partial charge on any atom is 0.331 e. The fourth-order valence-electron chi connectivity index (χ4n) is 1.22. The summed E-state index contributed by atoms with van der Waals surface area (Å²) in [6.07, 6.45) is 2.18. The van der Waals surface area contributed by atoms with Crippen LogP contribution < -0.4 is 4.74 Å². The van der Waals surface area contributed by atoms with Crippen molar-refractivity contribution in [3.8, 4) is 5.75 Å². The van der Waals surface area contributed by atoms with Gasteiger partial charge >= 0.3 is 5.97 Å². The van der Waals surface area contributed by atoms with Crippen molar-refractivity contribution >= 4 is 12.0 Å². The van der Waals surface area contributed by atoms with E-state index >= 15 is 0 Å². The van der Waals surface area contributed by atoms with E-state index < -0.39 is 5.97 Å². The Morgan fingerprint density at radius 3 is 2.40 bits per heavy atom. The molecule has 0 bridgehead atoms. The van der Waals surface area contributed by atoms with E-state index in [1.54, 1.807) is 25.3 Å². The van der Waals surface area contributed by atoms with Gasteiger partial charge in [-0.1, -0.05) is 19.1 Å². The van der Waals surface area contributed by atoms with Crippen LogP contribution in [0.5, 0.6) is 5.75 Å². The molecule has 0 saturated heterocycles. The minimum absolute atomic E-state index is 0.403. The highest BCUT2D eigenvalue weighted by Crippen LogP contribution is 2.15. The van der Waals surface area contributed by atoms with Gasteiger partial charge in [0.25, 0.3) is 0 Å². The van der Waals surface area contributed by atoms with Gasteiger partial charge in [-0.05, 0) is 30.2 Å². The Balaban J connectivity index is 2.92. The minimum atomic E-state index is -0.867. The SMILES string of the molecule is CC/C(=C/c1ccc(OC)cc1)C(=O)O. The van der Waals surface area contributed by atoms with Gasteiger partial charge in [0.1, 0.15) is 5.75 Å². The second kappa shape index (κ2) is 5.20. The summed E-state index contributed by atoms with van der Waals surface area (Å²) >= 11 is 0. The molecule has 80 valence electrons. The zero-order valence-electron chi connectivity index (χ0n) is 8.86. The van der Waals surface area contributed by atoms with Crippen molar-refractivity contribution in [2.75, 3.05) is 7.11 Å². The Kier molecular flexibility index (Phi) is 3.92. The molecule has 1 N–H and O–H groups in total. The van der Waals surface area contributed by atoms with E-state index in [0.717, 1.165) is 11.3 Å². The summed E-state index contributed by atoms with van der Waals surface area (Å²) in [4.78, 5) is 10.8. The zero-order chi connectivity index (χ0) is 11.3. The fourth-order valence-corrected chi connectivity index (χ4v) is 1.22. The first-order chi connectivity index (χ1) is 7.17. The highest BCUT2D eigenvalue weighted by atomic mass is 16.5. The van der Waals surface area contributed by atoms with Crippen LogP contribution >= 0.6 is 0 Å². The van der Waals surface area contributed by atoms with Gasteiger partial charge in [-0.25, -0.2) is 4.79 Å². The van der Waals surface area contributed by atoms with Gasteiger partial charge in [0.05, 0.1) is 7.11 Å². The van der Waals surface area contributed by atoms with Crippen LogP contribution in [0.2, 0.25) is 0 Å². The van der Waals surface area contributed by atoms with Crippen LogP contribution in [0.1, 0.15) is 18.9 Å². The van der Waals surface area contributed by atoms with Gasteiger partial charge in [-0.15, -0.1) is 0 Å². The Hall–Kier alpha value is -1.77. The third-order valence-corrected chi connectivity index (χ3v) is 2.11. The van der Waals surface area contributed by atoms with Gasteiger partial charge in [0.15, 0.2) is 0 Å². The molecule has 3 heteroatoms. The average Bonchev–Trinajstić information content (AvgIpc) is 2.26. The van der Waals surface area contributed by atoms with Crippen LogP contribution in [0.4, 0.5) is 0 Å². The lowest BCUT2D eigenvalue weighted by atomic mass is 10.1. The van der Waals surface area contributed by atoms with E-state index in [2.05, 4.69) is 0 Å². The van der Waals surface area contributed by atoms with Crippen molar-refractivity contribution in [3.05, 3.63) is 35.4 Å². The summed E-state index contributed by atoms with van der Waals surface area (Å²) in [7, 11) is 1.60. The number of carboxylic acids is 1. The van der Waals surface area contributed by atoms with Gasteiger partial charge in [0.2, 0.25) is 0 Å². The molecular formula is C12H14O3. The Morgan fingerprint density at radius 1 is 1.40 bits per heavy atom. The van der Waals surface area contributed by atoms with Crippen LogP contribution in [0.15, 0.2) is 29.8 Å². The summed E-state index contributed by atoms with van der Waals surface area (Å²) in [6.45, 7) is 1.82. The van der Waals surface area contributed by atoms with Gasteiger partial charge in [-0.2, -0.15) is 0 Å². The number of rotatable bonds is 4. The van der Waals surface area contributed by atoms with E-state index in [9.17, 15) is 4.79 Å². The number of methoxy groups -OCH3 is 1. The third kappa shape index (κ3) is 3.13. The molecule has 0 fully saturated rings. The van der Waals surface area contributed by atoms with Crippen LogP contribution in [-0.4, -0.2) is 18.2 Å². The van der Waals surface area contributed by atoms with Crippen molar-refractivity contribution in [2.24, 2.45) is 0 Å². The van der Waals surface area contributed by atoms with E-state index in [1.807, 2.05) is 19.1 Å². The highest BCUT2D eigenvalue weighted by molar-refractivity contribution is 5.92. The molecule has 0 unspecified atom stereocenters. The molecular weight excluding hydrogens is 192 g/mol. The normalized spacial score (nSPS) is 11.2. The summed E-state index contributed by atoms with van der Waals surface area (Å²) in [5, 5.41) is 8.84. The number of hydrogen-bond donors (Lipinski definition) is 1. The summed E-state index contributed by atoms with van der Waals surface area (Å²) in [6, 6.07) is 7.27. The van der Waals surface area contributed by atoms with Gasteiger partial charge in [-0.3, -0.25) is 0 Å². The number of hydrogen-bond acceptors (Lipinski definition) is 2. The van der Waals surface area contributed by atoms with E-state index in [0.29, 0.717) is 12.0 Å². The Morgan fingerprint density at radius 2 is 2.00 bits per heavy atom. The number of carboxylic acid groups (broad SMARTS) is 1. The quantitative estimate of drug-likeness (QED) is 0.770. The monoisotopic (exact) mass is 206 g/mol. The molecule has 0 saturated carbocycles. The zero-order valence-corrected chi connectivity index (χ0v) is 8.86. The predicted octanol–water partition coefficient (Wildman–Crippen LogP) is 2.57. The first-order valence-corrected chi connectivity index (χ1v) is 4.75. The topological polar surface area (TPSA) is 46.5 Å². The number of benzene rings is 1. The van der Waals surface area contributed by atoms with Crippen LogP contribution in [0.3, 0.4) is 0 Å². The molecule has 0 amide bonds. The lowest BCUT2D eigenvalue weighted by Crippen LogP contribution is -1.98. The third-order valence-electron chi connectivity index (χ3n) is 2.11. The number of carbonyl (C=O) groups is 1. The number of ether oxygens (including phenoxy) is 1. The lowest BCUT2D eigenvalue weighted by Gasteiger charge is -2.01. The first-order valence-electron chi connectivity index (χ1n) is 4.75. The van der Waals surface area contributed by atoms with Crippen LogP contribution in [0.25, 0.3) is 6.08 Å². The Bertz CT molecular complexity index is 363. The van der Waals surface area contributed by atoms with Crippen LogP contribution in [0, 0.1) is 0 Å². The van der Waals surface area contributed by atoms with Gasteiger partial charge in [0, 0.05) is 5.57 Å². The lowest BCUT2D eigenvalue weighted by molar-refractivity contribution is -0.132. The summed E-state index contributed by atoms with van der Waals surface area (Å²) < 4.78 is 5.01. The molecule has 1 aromatic carbocycles. The molecule has 0 aromatic heterocycles. The second-order valence-corrected chi connectivity index (χ2v) is 3.10. The molecule has 0 spiro atoms. The molecule has 15 heavy (non-hydrogen) atoms. The molecule has 1 aromatic rings. The standard InChI is InChI=1S/C12H14O3/c1-3-10(12(13)14)8-9-4-6-11(15-2)7-5-9/h4-8H,3H2,1-2H3,(H,13,14)/b10-8-. The van der Waals surface area contributed by atoms with Crippen molar-refractivity contribution in [1.82, 2.24) is 0 Å². The molecule has 0 aliphatic carbocycles. The maximum atomic E-state index is 10.8. The molecule has 0 atom stereocenters. The van der Waals surface area contributed by atoms with Crippen molar-refractivity contribution in [3.63, 3.8) is 0 Å². The molecule has 0 heterocycles. The smallest absolute Gasteiger partial charge is 0.331 e. The van der Waals surface area contributed by atoms with Crippen molar-refractivity contribution < 1.29 is 14.6 Å². The first kappa shape index (κ1) is 11.3. The predicted molar refractivity (Wildman–Crippen MR) is 58.9 cm³/mol. The van der Waals surface area contributed by atoms with Crippen LogP contribution in [-0.2, 0) is 4.79 Å². The van der Waals surface area contributed by atoms with Gasteiger partial charge < -0.3 is 9.84 Å². The van der Waals surface area contributed by atoms with Crippen molar-refractivity contribution in [2.45, 2.75) is 13.3 Å². The van der Waals surface area contributed by atoms with E-state index in [4.69, 9.17) is 9.84 Å². The Labute approximate surface area is 89.0 Å². The number of aliphatic carboxylic acids is 1. The second-order valence-electron chi connectivity index (χ2n) is 3.10. The summed E-state index contributed by atoms with van der Waals surface area (Å²) in [5.74, 6) is -0.103. The van der Waals surface area contributed by atoms with E-state index in [1.165, 1.54) is 0 Å². The van der Waals surface area contributed by atoms with Crippen molar-refractivity contribution in [1.29, 1.82) is 0 Å². The minimum Gasteiger partial charge on any atom is -0.497 e. The average molecular weight is 206 g/mol. The molecule has 3 nitrogen and oxygen atoms in total. The molecule has 0 aliphatic rings. The molecule has 0 aliphatic heterocycles. The fraction of sp³-hybridized carbons (Fsp3) is 0.250.